The van der Waals surface area contributed by atoms with Crippen LogP contribution in [0.15, 0.2) is 30.3 Å². The van der Waals surface area contributed by atoms with Crippen molar-refractivity contribution >= 4 is 17.8 Å². The van der Waals surface area contributed by atoms with Gasteiger partial charge in [0.25, 0.3) is 0 Å². The van der Waals surface area contributed by atoms with Crippen LogP contribution >= 0.6 is 0 Å². The van der Waals surface area contributed by atoms with Crippen molar-refractivity contribution in [3.63, 3.8) is 0 Å². The fourth-order valence-electron chi connectivity index (χ4n) is 2.55. The van der Waals surface area contributed by atoms with Crippen molar-refractivity contribution in [2.24, 2.45) is 0 Å². The number of rotatable bonds is 7. The largest absolute Gasteiger partial charge is 0.465 e. The molecule has 1 fully saturated rings. The van der Waals surface area contributed by atoms with Crippen molar-refractivity contribution in [3.05, 3.63) is 35.9 Å². The van der Waals surface area contributed by atoms with E-state index in [0.29, 0.717) is 19.6 Å². The summed E-state index contributed by atoms with van der Waals surface area (Å²) in [5.74, 6) is -0.939. The van der Waals surface area contributed by atoms with Gasteiger partial charge >= 0.3 is 5.97 Å². The van der Waals surface area contributed by atoms with E-state index in [9.17, 15) is 14.4 Å². The first kappa shape index (κ1) is 17.9. The van der Waals surface area contributed by atoms with Crippen molar-refractivity contribution < 1.29 is 19.1 Å². The summed E-state index contributed by atoms with van der Waals surface area (Å²) in [4.78, 5) is 37.4. The van der Waals surface area contributed by atoms with Crippen LogP contribution in [-0.4, -0.2) is 55.0 Å². The maximum absolute atomic E-state index is 12.5. The molecular formula is C17H23N3O4. The summed E-state index contributed by atoms with van der Waals surface area (Å²) < 4.78 is 4.74. The number of piperazine rings is 1. The molecule has 2 rings (SSSR count). The Kier molecular flexibility index (Phi) is 6.74. The van der Waals surface area contributed by atoms with E-state index in [1.54, 1.807) is 11.8 Å². The van der Waals surface area contributed by atoms with Gasteiger partial charge in [-0.2, -0.15) is 0 Å². The molecule has 1 heterocycles. The molecule has 2 amide bonds. The quantitative estimate of drug-likeness (QED) is 0.689. The molecule has 7 nitrogen and oxygen atoms in total. The number of nitrogens with zero attached hydrogens (tertiary/aromatic N) is 1. The minimum absolute atomic E-state index is 0.00350. The molecule has 0 saturated carbocycles. The summed E-state index contributed by atoms with van der Waals surface area (Å²) in [7, 11) is 0. The van der Waals surface area contributed by atoms with Gasteiger partial charge < -0.3 is 20.3 Å². The molecule has 24 heavy (non-hydrogen) atoms. The third-order valence-corrected chi connectivity index (χ3v) is 3.72. The SMILES string of the molecule is CCOC(=O)CNC(=O)CC1NCCN(Cc2ccccc2)C1=O. The number of nitrogens with one attached hydrogen (secondary N) is 2. The molecule has 0 aliphatic carbocycles. The van der Waals surface area contributed by atoms with Crippen LogP contribution in [-0.2, 0) is 25.7 Å². The second kappa shape index (κ2) is 9.02. The Morgan fingerprint density at radius 2 is 2.08 bits per heavy atom. The predicted octanol–water partition coefficient (Wildman–Crippen LogP) is 0.0564. The van der Waals surface area contributed by atoms with E-state index in [1.807, 2.05) is 30.3 Å². The Balaban J connectivity index is 1.83. The minimum Gasteiger partial charge on any atom is -0.465 e. The lowest BCUT2D eigenvalue weighted by Crippen LogP contribution is -2.56. The number of carbonyl (C=O) groups excluding carboxylic acids is 3. The van der Waals surface area contributed by atoms with Gasteiger partial charge in [-0.25, -0.2) is 0 Å². The van der Waals surface area contributed by atoms with Crippen LogP contribution in [0.1, 0.15) is 18.9 Å². The lowest BCUT2D eigenvalue weighted by Gasteiger charge is -2.33. The van der Waals surface area contributed by atoms with Crippen molar-refractivity contribution in [2.75, 3.05) is 26.2 Å². The summed E-state index contributed by atoms with van der Waals surface area (Å²) in [6, 6.07) is 9.17. The summed E-state index contributed by atoms with van der Waals surface area (Å²) in [6.07, 6.45) is 0.00350. The third kappa shape index (κ3) is 5.34. The molecule has 1 aromatic rings. The van der Waals surface area contributed by atoms with Crippen molar-refractivity contribution in [3.8, 4) is 0 Å². The van der Waals surface area contributed by atoms with Gasteiger partial charge in [0.05, 0.1) is 19.1 Å². The van der Waals surface area contributed by atoms with E-state index in [0.717, 1.165) is 5.56 Å². The Morgan fingerprint density at radius 1 is 1.33 bits per heavy atom. The lowest BCUT2D eigenvalue weighted by molar-refractivity contribution is -0.143. The molecule has 0 bridgehead atoms. The highest BCUT2D eigenvalue weighted by Crippen LogP contribution is 2.10. The van der Waals surface area contributed by atoms with Gasteiger partial charge in [-0.05, 0) is 12.5 Å². The van der Waals surface area contributed by atoms with E-state index >= 15 is 0 Å². The Bertz CT molecular complexity index is 576. The van der Waals surface area contributed by atoms with Gasteiger partial charge in [0.15, 0.2) is 0 Å². The maximum Gasteiger partial charge on any atom is 0.325 e. The molecule has 0 aromatic heterocycles. The third-order valence-electron chi connectivity index (χ3n) is 3.72. The molecule has 1 unspecified atom stereocenters. The highest BCUT2D eigenvalue weighted by atomic mass is 16.5. The van der Waals surface area contributed by atoms with E-state index < -0.39 is 12.0 Å². The molecule has 7 heteroatoms. The number of ether oxygens (including phenoxy) is 1. The fourth-order valence-corrected chi connectivity index (χ4v) is 2.55. The van der Waals surface area contributed by atoms with Crippen LogP contribution in [0.5, 0.6) is 0 Å². The molecule has 0 spiro atoms. The van der Waals surface area contributed by atoms with Crippen molar-refractivity contribution in [2.45, 2.75) is 25.9 Å². The number of amides is 2. The van der Waals surface area contributed by atoms with Crippen LogP contribution < -0.4 is 10.6 Å². The zero-order valence-electron chi connectivity index (χ0n) is 13.8. The van der Waals surface area contributed by atoms with Crippen LogP contribution in [0.4, 0.5) is 0 Å². The highest BCUT2D eigenvalue weighted by Gasteiger charge is 2.30. The number of esters is 1. The minimum atomic E-state index is -0.565. The van der Waals surface area contributed by atoms with Gasteiger partial charge in [-0.3, -0.25) is 14.4 Å². The second-order valence-electron chi connectivity index (χ2n) is 5.54. The normalized spacial score (nSPS) is 17.5. The number of hydrogen-bond donors (Lipinski definition) is 2. The van der Waals surface area contributed by atoms with Gasteiger partial charge in [0.1, 0.15) is 6.54 Å². The predicted molar refractivity (Wildman–Crippen MR) is 87.9 cm³/mol. The summed E-state index contributed by atoms with van der Waals surface area (Å²) in [6.45, 7) is 3.56. The van der Waals surface area contributed by atoms with Crippen molar-refractivity contribution in [1.29, 1.82) is 0 Å². The maximum atomic E-state index is 12.5. The van der Waals surface area contributed by atoms with Crippen LogP contribution in [0, 0.1) is 0 Å². The second-order valence-corrected chi connectivity index (χ2v) is 5.54. The zero-order valence-corrected chi connectivity index (χ0v) is 13.8. The average molecular weight is 333 g/mol. The molecule has 1 aliphatic rings. The molecule has 1 atom stereocenters. The van der Waals surface area contributed by atoms with E-state index in [1.165, 1.54) is 0 Å². The average Bonchev–Trinajstić information content (AvgIpc) is 2.58. The molecule has 1 aromatic carbocycles. The molecule has 0 radical (unpaired) electrons. The van der Waals surface area contributed by atoms with Gasteiger partial charge in [-0.1, -0.05) is 30.3 Å². The zero-order chi connectivity index (χ0) is 17.4. The first-order valence-corrected chi connectivity index (χ1v) is 8.08. The van der Waals surface area contributed by atoms with Gasteiger partial charge in [-0.15, -0.1) is 0 Å². The summed E-state index contributed by atoms with van der Waals surface area (Å²) in [5, 5.41) is 5.54. The van der Waals surface area contributed by atoms with Gasteiger partial charge in [0, 0.05) is 19.6 Å². The molecule has 1 saturated heterocycles. The summed E-state index contributed by atoms with van der Waals surface area (Å²) in [5.41, 5.74) is 1.05. The monoisotopic (exact) mass is 333 g/mol. The van der Waals surface area contributed by atoms with E-state index in [2.05, 4.69) is 10.6 Å². The van der Waals surface area contributed by atoms with E-state index in [4.69, 9.17) is 4.74 Å². The Labute approximate surface area is 141 Å². The fraction of sp³-hybridized carbons (Fsp3) is 0.471. The topological polar surface area (TPSA) is 87.7 Å². The van der Waals surface area contributed by atoms with E-state index in [-0.39, 0.29) is 31.4 Å². The van der Waals surface area contributed by atoms with Gasteiger partial charge in [0.2, 0.25) is 11.8 Å². The lowest BCUT2D eigenvalue weighted by atomic mass is 10.1. The standard InChI is InChI=1S/C17H23N3O4/c1-2-24-16(22)11-19-15(21)10-14-17(23)20(9-8-18-14)12-13-6-4-3-5-7-13/h3-7,14,18H,2,8-12H2,1H3,(H,19,21). The molecule has 2 N–H and O–H groups in total. The number of benzene rings is 1. The molecule has 130 valence electrons. The van der Waals surface area contributed by atoms with Crippen LogP contribution in [0.3, 0.4) is 0 Å². The summed E-state index contributed by atoms with van der Waals surface area (Å²) >= 11 is 0. The van der Waals surface area contributed by atoms with Crippen molar-refractivity contribution in [1.82, 2.24) is 15.5 Å². The molecular weight excluding hydrogens is 310 g/mol. The first-order chi connectivity index (χ1) is 11.6. The molecule has 1 aliphatic heterocycles. The number of carbonyl (C=O) groups is 3. The smallest absolute Gasteiger partial charge is 0.325 e. The van der Waals surface area contributed by atoms with Crippen LogP contribution in [0.25, 0.3) is 0 Å². The highest BCUT2D eigenvalue weighted by molar-refractivity contribution is 5.90. The Hall–Kier alpha value is -2.41. The Morgan fingerprint density at radius 3 is 2.79 bits per heavy atom. The van der Waals surface area contributed by atoms with Crippen LogP contribution in [0.2, 0.25) is 0 Å². The number of hydrogen-bond acceptors (Lipinski definition) is 5. The first-order valence-electron chi connectivity index (χ1n) is 8.08.